The largest absolute Gasteiger partial charge is 0.370 e. The maximum Gasteiger partial charge on any atom is 0.183 e. The van der Waals surface area contributed by atoms with Gasteiger partial charge in [-0.25, -0.2) is 0 Å². The van der Waals surface area contributed by atoms with Crippen LogP contribution in [0.2, 0.25) is 0 Å². The smallest absolute Gasteiger partial charge is 0.183 e. The van der Waals surface area contributed by atoms with Crippen LogP contribution in [0.4, 0.5) is 0 Å². The van der Waals surface area contributed by atoms with E-state index >= 15 is 0 Å². The third-order valence-corrected chi connectivity index (χ3v) is 0.539. The first-order chi connectivity index (χ1) is 6.73. The molecule has 2 aromatic rings. The van der Waals surface area contributed by atoms with Crippen LogP contribution in [0.15, 0.2) is 12.7 Å². The predicted molar refractivity (Wildman–Crippen MR) is 44.5 cm³/mol. The Morgan fingerprint density at radius 2 is 1.36 bits per heavy atom. The van der Waals surface area contributed by atoms with E-state index in [4.69, 9.17) is 5.41 Å². The third kappa shape index (κ3) is 12.1. The summed E-state index contributed by atoms with van der Waals surface area (Å²) in [5.41, 5.74) is 8.94. The van der Waals surface area contributed by atoms with E-state index in [0.717, 1.165) is 0 Å². The molecule has 0 radical (unpaired) electrons. The van der Waals surface area contributed by atoms with Crippen molar-refractivity contribution in [3.8, 4) is 0 Å². The van der Waals surface area contributed by atoms with Crippen molar-refractivity contribution in [1.82, 2.24) is 41.2 Å². The van der Waals surface area contributed by atoms with Gasteiger partial charge in [-0.15, -0.1) is 20.4 Å². The lowest BCUT2D eigenvalue weighted by atomic mass is 11.1. The quantitative estimate of drug-likeness (QED) is 0.223. The first-order valence-corrected chi connectivity index (χ1v) is 3.15. The summed E-state index contributed by atoms with van der Waals surface area (Å²) in [6, 6.07) is 0. The van der Waals surface area contributed by atoms with E-state index in [2.05, 4.69) is 52.7 Å². The molecule has 0 saturated heterocycles. The Labute approximate surface area is 77.8 Å². The fourth-order valence-corrected chi connectivity index (χ4v) is 0.258. The maximum absolute atomic E-state index is 6.06. The highest BCUT2D eigenvalue weighted by Gasteiger charge is 1.58. The molecule has 0 saturated carbocycles. The van der Waals surface area contributed by atoms with Gasteiger partial charge in [-0.2, -0.15) is 10.4 Å². The van der Waals surface area contributed by atoms with Crippen LogP contribution >= 0.6 is 0 Å². The molecule has 2 aromatic heterocycles. The SMILES string of the molecule is N=C(N)N.c1nn[nH]n1.c1nn[nH]n1. The molecule has 11 nitrogen and oxygen atoms in total. The minimum Gasteiger partial charge on any atom is -0.370 e. The van der Waals surface area contributed by atoms with Crippen molar-refractivity contribution in [3.63, 3.8) is 0 Å². The summed E-state index contributed by atoms with van der Waals surface area (Å²) in [5, 5.41) is 30.4. The first kappa shape index (κ1) is 11.4. The molecule has 0 aliphatic rings. The minimum absolute atomic E-state index is 0.333. The Balaban J connectivity index is 0.000000183. The first-order valence-electron chi connectivity index (χ1n) is 3.15. The molecule has 0 unspecified atom stereocenters. The normalized spacial score (nSPS) is 7.43. The van der Waals surface area contributed by atoms with Crippen LogP contribution in [0, 0.1) is 5.41 Å². The third-order valence-electron chi connectivity index (χ3n) is 0.539. The monoisotopic (exact) mass is 199 g/mol. The molecule has 0 amide bonds. The zero-order valence-corrected chi connectivity index (χ0v) is 6.99. The van der Waals surface area contributed by atoms with Crippen molar-refractivity contribution < 1.29 is 0 Å². The van der Waals surface area contributed by atoms with Gasteiger partial charge in [0.2, 0.25) is 0 Å². The molecule has 0 aliphatic carbocycles. The number of hydrogen-bond acceptors (Lipinski definition) is 7. The van der Waals surface area contributed by atoms with E-state index in [1.165, 1.54) is 12.7 Å². The van der Waals surface area contributed by atoms with E-state index in [0.29, 0.717) is 0 Å². The number of nitrogens with one attached hydrogen (secondary N) is 3. The fourth-order valence-electron chi connectivity index (χ4n) is 0.258. The lowest BCUT2D eigenvalue weighted by molar-refractivity contribution is 0.881. The second-order valence-electron chi connectivity index (χ2n) is 1.58. The van der Waals surface area contributed by atoms with Crippen LogP contribution in [-0.2, 0) is 0 Å². The summed E-state index contributed by atoms with van der Waals surface area (Å²) in [6.07, 6.45) is 2.67. The van der Waals surface area contributed by atoms with Crippen LogP contribution in [0.25, 0.3) is 0 Å². The topological polar surface area (TPSA) is 185 Å². The number of aromatic nitrogens is 8. The van der Waals surface area contributed by atoms with Gasteiger partial charge >= 0.3 is 0 Å². The fraction of sp³-hybridized carbons (Fsp3) is 0. The lowest BCUT2D eigenvalue weighted by Crippen LogP contribution is -2.20. The highest BCUT2D eigenvalue weighted by molar-refractivity contribution is 5.71. The Morgan fingerprint density at radius 1 is 1.00 bits per heavy atom. The molecule has 0 spiro atoms. The molecule has 0 fully saturated rings. The van der Waals surface area contributed by atoms with E-state index < -0.39 is 0 Å². The van der Waals surface area contributed by atoms with E-state index in [1.54, 1.807) is 0 Å². The van der Waals surface area contributed by atoms with Gasteiger partial charge in [0, 0.05) is 0 Å². The molecule has 2 heterocycles. The summed E-state index contributed by atoms with van der Waals surface area (Å²) in [5.74, 6) is -0.333. The standard InChI is InChI=1S/2CH2N4.CH5N3/c2*1-2-4-5-3-1;2-1(3)4/h2*1H,(H,2,3,4,5);(H5,2,3,4). The number of H-pyrrole nitrogens is 2. The van der Waals surface area contributed by atoms with Crippen molar-refractivity contribution in [2.45, 2.75) is 0 Å². The number of nitrogens with two attached hydrogens (primary N) is 2. The molecule has 76 valence electrons. The number of guanidine groups is 1. The number of hydrogen-bond donors (Lipinski definition) is 5. The average molecular weight is 199 g/mol. The maximum atomic E-state index is 6.06. The summed E-state index contributed by atoms with van der Waals surface area (Å²) in [7, 11) is 0. The molecule has 14 heavy (non-hydrogen) atoms. The van der Waals surface area contributed by atoms with E-state index in [9.17, 15) is 0 Å². The Hall–Kier alpha value is -2.59. The number of tetrazole rings is 2. The van der Waals surface area contributed by atoms with Crippen molar-refractivity contribution in [2.24, 2.45) is 11.5 Å². The van der Waals surface area contributed by atoms with Gasteiger partial charge in [0.05, 0.1) is 0 Å². The molecular weight excluding hydrogens is 190 g/mol. The summed E-state index contributed by atoms with van der Waals surface area (Å²) in [4.78, 5) is 0. The highest BCUT2D eigenvalue weighted by atomic mass is 15.5. The van der Waals surface area contributed by atoms with Gasteiger partial charge in [0.25, 0.3) is 0 Å². The molecular formula is C3H9N11. The zero-order valence-electron chi connectivity index (χ0n) is 6.99. The molecule has 7 N–H and O–H groups in total. The zero-order chi connectivity index (χ0) is 10.6. The van der Waals surface area contributed by atoms with Crippen molar-refractivity contribution in [3.05, 3.63) is 12.7 Å². The van der Waals surface area contributed by atoms with Crippen LogP contribution in [0.1, 0.15) is 0 Å². The molecule has 2 rings (SSSR count). The van der Waals surface area contributed by atoms with Crippen molar-refractivity contribution >= 4 is 5.96 Å². The van der Waals surface area contributed by atoms with Gasteiger partial charge in [-0.05, 0) is 0 Å². The minimum atomic E-state index is -0.333. The van der Waals surface area contributed by atoms with Crippen LogP contribution in [0.5, 0.6) is 0 Å². The van der Waals surface area contributed by atoms with E-state index in [-0.39, 0.29) is 5.96 Å². The van der Waals surface area contributed by atoms with Gasteiger partial charge in [0.1, 0.15) is 0 Å². The van der Waals surface area contributed by atoms with Gasteiger partial charge < -0.3 is 11.5 Å². The van der Waals surface area contributed by atoms with Crippen LogP contribution in [-0.4, -0.2) is 47.2 Å². The lowest BCUT2D eigenvalue weighted by Gasteiger charge is -1.69. The number of rotatable bonds is 0. The number of nitrogens with zero attached hydrogens (tertiary/aromatic N) is 6. The molecule has 0 bridgehead atoms. The van der Waals surface area contributed by atoms with Gasteiger partial charge in [0.15, 0.2) is 18.6 Å². The average Bonchev–Trinajstić information content (AvgIpc) is 2.83. The molecule has 11 heteroatoms. The second-order valence-corrected chi connectivity index (χ2v) is 1.58. The molecule has 0 atom stereocenters. The second kappa shape index (κ2) is 8.51. The van der Waals surface area contributed by atoms with Crippen molar-refractivity contribution in [2.75, 3.05) is 0 Å². The summed E-state index contributed by atoms with van der Waals surface area (Å²) >= 11 is 0. The Bertz CT molecular complexity index is 218. The van der Waals surface area contributed by atoms with Crippen LogP contribution in [0.3, 0.4) is 0 Å². The Kier molecular flexibility index (Phi) is 6.93. The van der Waals surface area contributed by atoms with Crippen molar-refractivity contribution in [1.29, 1.82) is 5.41 Å². The van der Waals surface area contributed by atoms with Gasteiger partial charge in [-0.3, -0.25) is 5.41 Å². The summed E-state index contributed by atoms with van der Waals surface area (Å²) in [6.45, 7) is 0. The van der Waals surface area contributed by atoms with Crippen LogP contribution < -0.4 is 11.5 Å². The highest BCUT2D eigenvalue weighted by Crippen LogP contribution is 1.44. The Morgan fingerprint density at radius 3 is 1.43 bits per heavy atom. The summed E-state index contributed by atoms with van der Waals surface area (Å²) < 4.78 is 0. The van der Waals surface area contributed by atoms with E-state index in [1.807, 2.05) is 0 Å². The predicted octanol–water partition coefficient (Wildman–Crippen LogP) is -2.76. The number of aromatic amines is 2. The molecule has 0 aromatic carbocycles. The molecule has 0 aliphatic heterocycles. The van der Waals surface area contributed by atoms with Gasteiger partial charge in [-0.1, -0.05) is 10.4 Å².